The van der Waals surface area contributed by atoms with Crippen molar-refractivity contribution >= 4 is 7.12 Å². The van der Waals surface area contributed by atoms with Gasteiger partial charge in [-0.2, -0.15) is 0 Å². The van der Waals surface area contributed by atoms with Crippen LogP contribution in [0.25, 0.3) is 0 Å². The quantitative estimate of drug-likeness (QED) is 0.765. The van der Waals surface area contributed by atoms with E-state index in [0.29, 0.717) is 6.61 Å². The van der Waals surface area contributed by atoms with Gasteiger partial charge in [-0.1, -0.05) is 37.3 Å². The maximum Gasteiger partial charge on any atom is 0.463 e. The minimum Gasteiger partial charge on any atom is -0.403 e. The minimum atomic E-state index is -0.287. The molecule has 2 atom stereocenters. The third-order valence-corrected chi connectivity index (χ3v) is 4.80. The van der Waals surface area contributed by atoms with Crippen LogP contribution in [-0.2, 0) is 20.7 Å². The van der Waals surface area contributed by atoms with Crippen LogP contribution in [0.1, 0.15) is 47.1 Å². The Morgan fingerprint density at radius 1 is 1.00 bits per heavy atom. The fourth-order valence-electron chi connectivity index (χ4n) is 2.28. The van der Waals surface area contributed by atoms with Gasteiger partial charge in [0, 0.05) is 5.82 Å². The first-order valence-corrected chi connectivity index (χ1v) is 7.74. The van der Waals surface area contributed by atoms with E-state index in [1.54, 1.807) is 0 Å². The Morgan fingerprint density at radius 2 is 1.52 bits per heavy atom. The monoisotopic (exact) mass is 290 g/mol. The van der Waals surface area contributed by atoms with Gasteiger partial charge in [-0.3, -0.25) is 0 Å². The fourth-order valence-corrected chi connectivity index (χ4v) is 2.28. The standard InChI is InChI=1S/C17H27BO3/c1-13(18-20-16(3,4)17(5,6)21-18)14(2)19-12-15-10-8-7-9-11-15/h7-11,13-14H,12H2,1-6H3/t13-,14?/m0/s1. The van der Waals surface area contributed by atoms with Crippen molar-refractivity contribution in [2.24, 2.45) is 0 Å². The van der Waals surface area contributed by atoms with Crippen LogP contribution in [0.15, 0.2) is 30.3 Å². The molecule has 116 valence electrons. The maximum absolute atomic E-state index is 6.10. The molecule has 1 heterocycles. The average molecular weight is 290 g/mol. The van der Waals surface area contributed by atoms with E-state index in [-0.39, 0.29) is 30.2 Å². The second-order valence-corrected chi connectivity index (χ2v) is 6.99. The molecule has 3 nitrogen and oxygen atoms in total. The summed E-state index contributed by atoms with van der Waals surface area (Å²) in [5.41, 5.74) is 0.612. The van der Waals surface area contributed by atoms with E-state index in [1.165, 1.54) is 5.56 Å². The number of rotatable bonds is 5. The molecule has 1 fully saturated rings. The Balaban J connectivity index is 1.90. The fraction of sp³-hybridized carbons (Fsp3) is 0.647. The highest BCUT2D eigenvalue weighted by Crippen LogP contribution is 2.40. The summed E-state index contributed by atoms with van der Waals surface area (Å²) in [7, 11) is -0.222. The molecule has 0 saturated carbocycles. The first-order valence-electron chi connectivity index (χ1n) is 7.74. The largest absolute Gasteiger partial charge is 0.463 e. The second-order valence-electron chi connectivity index (χ2n) is 6.99. The van der Waals surface area contributed by atoms with Crippen LogP contribution >= 0.6 is 0 Å². The minimum absolute atomic E-state index is 0.0694. The van der Waals surface area contributed by atoms with E-state index in [9.17, 15) is 0 Å². The summed E-state index contributed by atoms with van der Waals surface area (Å²) in [6.45, 7) is 13.1. The van der Waals surface area contributed by atoms with Crippen molar-refractivity contribution in [3.8, 4) is 0 Å². The highest BCUT2D eigenvalue weighted by Gasteiger charge is 2.53. The molecule has 1 aromatic carbocycles. The lowest BCUT2D eigenvalue weighted by Gasteiger charge is -2.32. The van der Waals surface area contributed by atoms with Crippen LogP contribution in [0.3, 0.4) is 0 Å². The Labute approximate surface area is 129 Å². The van der Waals surface area contributed by atoms with Gasteiger partial charge in [-0.25, -0.2) is 0 Å². The van der Waals surface area contributed by atoms with Gasteiger partial charge < -0.3 is 14.0 Å². The van der Waals surface area contributed by atoms with Gasteiger partial charge in [0.2, 0.25) is 0 Å². The van der Waals surface area contributed by atoms with Gasteiger partial charge in [-0.15, -0.1) is 0 Å². The van der Waals surface area contributed by atoms with Crippen molar-refractivity contribution in [2.45, 2.75) is 71.3 Å². The Morgan fingerprint density at radius 3 is 2.05 bits per heavy atom. The molecule has 0 aliphatic carbocycles. The molecular formula is C17H27BO3. The van der Waals surface area contributed by atoms with Gasteiger partial charge in [-0.05, 0) is 40.2 Å². The van der Waals surface area contributed by atoms with Crippen molar-refractivity contribution in [3.63, 3.8) is 0 Å². The third-order valence-electron chi connectivity index (χ3n) is 4.80. The predicted octanol–water partition coefficient (Wildman–Crippen LogP) is 4.07. The van der Waals surface area contributed by atoms with Crippen molar-refractivity contribution in [1.82, 2.24) is 0 Å². The SMILES string of the molecule is CC(OCc1ccccc1)[C@H](C)B1OC(C)(C)C(C)(C)O1. The summed E-state index contributed by atoms with van der Waals surface area (Å²) >= 11 is 0. The van der Waals surface area contributed by atoms with Gasteiger partial charge in [0.1, 0.15) is 0 Å². The molecule has 1 saturated heterocycles. The number of hydrogen-bond acceptors (Lipinski definition) is 3. The van der Waals surface area contributed by atoms with Gasteiger partial charge >= 0.3 is 7.12 Å². The van der Waals surface area contributed by atoms with Crippen LogP contribution in [0.2, 0.25) is 5.82 Å². The molecule has 0 amide bonds. The topological polar surface area (TPSA) is 27.7 Å². The van der Waals surface area contributed by atoms with Crippen molar-refractivity contribution < 1.29 is 14.0 Å². The summed E-state index contributed by atoms with van der Waals surface area (Å²) < 4.78 is 18.2. The third kappa shape index (κ3) is 3.68. The van der Waals surface area contributed by atoms with Gasteiger partial charge in [0.05, 0.1) is 23.9 Å². The highest BCUT2D eigenvalue weighted by atomic mass is 16.7. The van der Waals surface area contributed by atoms with E-state index in [0.717, 1.165) is 0 Å². The lowest BCUT2D eigenvalue weighted by atomic mass is 9.70. The predicted molar refractivity (Wildman–Crippen MR) is 86.2 cm³/mol. The zero-order valence-corrected chi connectivity index (χ0v) is 14.1. The molecule has 1 aliphatic heterocycles. The molecule has 0 aromatic heterocycles. The Hall–Kier alpha value is -0.835. The summed E-state index contributed by atoms with van der Waals surface area (Å²) in [6, 6.07) is 10.2. The molecule has 21 heavy (non-hydrogen) atoms. The number of ether oxygens (including phenoxy) is 1. The normalized spacial score (nSPS) is 23.0. The lowest BCUT2D eigenvalue weighted by Crippen LogP contribution is -2.41. The van der Waals surface area contributed by atoms with Crippen LogP contribution in [0, 0.1) is 0 Å². The highest BCUT2D eigenvalue weighted by molar-refractivity contribution is 6.47. The van der Waals surface area contributed by atoms with Gasteiger partial charge in [0.15, 0.2) is 0 Å². The summed E-state index contributed by atoms with van der Waals surface area (Å²) in [6.07, 6.45) is 0.0694. The second kappa shape index (κ2) is 6.11. The van der Waals surface area contributed by atoms with Crippen LogP contribution < -0.4 is 0 Å². The first-order chi connectivity index (χ1) is 9.73. The van der Waals surface area contributed by atoms with Crippen LogP contribution in [0.4, 0.5) is 0 Å². The molecule has 0 radical (unpaired) electrons. The van der Waals surface area contributed by atoms with Crippen molar-refractivity contribution in [2.75, 3.05) is 0 Å². The molecular weight excluding hydrogens is 263 g/mol. The van der Waals surface area contributed by atoms with Crippen LogP contribution in [-0.4, -0.2) is 24.4 Å². The molecule has 4 heteroatoms. The van der Waals surface area contributed by atoms with Gasteiger partial charge in [0.25, 0.3) is 0 Å². The zero-order chi connectivity index (χ0) is 15.7. The van der Waals surface area contributed by atoms with Crippen molar-refractivity contribution in [3.05, 3.63) is 35.9 Å². The van der Waals surface area contributed by atoms with E-state index < -0.39 is 0 Å². The molecule has 0 spiro atoms. The molecule has 2 rings (SSSR count). The number of hydrogen-bond donors (Lipinski definition) is 0. The van der Waals surface area contributed by atoms with E-state index in [1.807, 2.05) is 18.2 Å². The first kappa shape index (κ1) is 16.5. The lowest BCUT2D eigenvalue weighted by molar-refractivity contribution is 0.00578. The Bertz CT molecular complexity index is 442. The summed E-state index contributed by atoms with van der Waals surface area (Å²) in [5, 5.41) is 0. The van der Waals surface area contributed by atoms with E-state index >= 15 is 0 Å². The van der Waals surface area contributed by atoms with Crippen LogP contribution in [0.5, 0.6) is 0 Å². The van der Waals surface area contributed by atoms with Crippen molar-refractivity contribution in [1.29, 1.82) is 0 Å². The Kier molecular flexibility index (Phi) is 4.81. The molecule has 1 unspecified atom stereocenters. The molecule has 0 N–H and O–H groups in total. The smallest absolute Gasteiger partial charge is 0.403 e. The molecule has 0 bridgehead atoms. The summed E-state index contributed by atoms with van der Waals surface area (Å²) in [5.74, 6) is 0.176. The molecule has 1 aromatic rings. The van der Waals surface area contributed by atoms with E-state index in [2.05, 4.69) is 53.7 Å². The maximum atomic E-state index is 6.10. The molecule has 1 aliphatic rings. The summed E-state index contributed by atoms with van der Waals surface area (Å²) in [4.78, 5) is 0. The van der Waals surface area contributed by atoms with E-state index in [4.69, 9.17) is 14.0 Å². The number of benzene rings is 1. The zero-order valence-electron chi connectivity index (χ0n) is 14.1. The average Bonchev–Trinajstić information content (AvgIpc) is 2.65.